The topological polar surface area (TPSA) is 29.5 Å². The minimum atomic E-state index is -3.08. The van der Waals surface area contributed by atoms with Crippen LogP contribution in [-0.2, 0) is 16.3 Å². The molecule has 0 aromatic rings. The molecule has 3 atom stereocenters. The van der Waals surface area contributed by atoms with Crippen molar-refractivity contribution in [3.63, 3.8) is 0 Å². The van der Waals surface area contributed by atoms with E-state index in [4.69, 9.17) is 39.5 Å². The van der Waals surface area contributed by atoms with Gasteiger partial charge in [0.25, 0.3) is 0 Å². The number of rotatable bonds is 7. The van der Waals surface area contributed by atoms with Gasteiger partial charge in [0, 0.05) is 0 Å². The molecule has 0 spiro atoms. The molecule has 15 heavy (non-hydrogen) atoms. The minimum absolute atomic E-state index is 0.370. The van der Waals surface area contributed by atoms with Crippen LogP contribution in [0.1, 0.15) is 39.5 Å². The molecule has 0 saturated heterocycles. The molecule has 0 bridgehead atoms. The van der Waals surface area contributed by atoms with E-state index >= 15 is 0 Å². The Morgan fingerprint density at radius 3 is 2.47 bits per heavy atom. The third-order valence-electron chi connectivity index (χ3n) is 2.03. The van der Waals surface area contributed by atoms with Gasteiger partial charge in [-0.25, -0.2) is 0 Å². The Hall–Kier alpha value is 1.50. The van der Waals surface area contributed by atoms with Crippen LogP contribution in [0.3, 0.4) is 0 Å². The summed E-state index contributed by atoms with van der Waals surface area (Å²) in [6.45, 7) is 3.91. The fourth-order valence-corrected chi connectivity index (χ4v) is 3.72. The number of hydrogen-bond acceptors (Lipinski definition) is 2. The standard InChI is InChI=1S/C8H17Cl2O2PS2/c1-3-5-6-7(9)8(10,4-2)12-13(11,14)15/h7H,3-6H2,1-2H3,(H2,11,14,15)/t7-,8+/m0/s1. The Morgan fingerprint density at radius 2 is 2.13 bits per heavy atom. The van der Waals surface area contributed by atoms with Crippen LogP contribution in [0, 0.1) is 0 Å². The maximum atomic E-state index is 9.38. The number of thiol groups is 1. The van der Waals surface area contributed by atoms with Gasteiger partial charge in [0.1, 0.15) is 0 Å². The molecule has 7 heteroatoms. The van der Waals surface area contributed by atoms with Crippen LogP contribution in [0.25, 0.3) is 0 Å². The van der Waals surface area contributed by atoms with E-state index in [2.05, 4.69) is 19.2 Å². The highest BCUT2D eigenvalue weighted by molar-refractivity contribution is 8.59. The van der Waals surface area contributed by atoms with Crippen molar-refractivity contribution in [2.75, 3.05) is 0 Å². The highest BCUT2D eigenvalue weighted by Crippen LogP contribution is 2.54. The molecule has 0 aromatic heterocycles. The lowest BCUT2D eigenvalue weighted by atomic mass is 10.1. The summed E-state index contributed by atoms with van der Waals surface area (Å²) in [4.78, 5) is 9.38. The Kier molecular flexibility index (Phi) is 7.76. The summed E-state index contributed by atoms with van der Waals surface area (Å²) in [7, 11) is 0. The van der Waals surface area contributed by atoms with Crippen LogP contribution >= 0.6 is 41.1 Å². The number of hydrogen-bond donors (Lipinski definition) is 2. The van der Waals surface area contributed by atoms with Crippen molar-refractivity contribution >= 4 is 53.0 Å². The van der Waals surface area contributed by atoms with Gasteiger partial charge in [0.2, 0.25) is 5.69 Å². The predicted octanol–water partition coefficient (Wildman–Crippen LogP) is 4.29. The van der Waals surface area contributed by atoms with Crippen LogP contribution in [0.5, 0.6) is 0 Å². The molecule has 1 N–H and O–H groups in total. The van der Waals surface area contributed by atoms with E-state index in [0.717, 1.165) is 19.3 Å². The van der Waals surface area contributed by atoms with Gasteiger partial charge >= 0.3 is 0 Å². The van der Waals surface area contributed by atoms with Gasteiger partial charge in [0.15, 0.2) is 5.06 Å². The van der Waals surface area contributed by atoms with Crippen molar-refractivity contribution in [2.45, 2.75) is 50.0 Å². The molecule has 0 aliphatic carbocycles. The maximum absolute atomic E-state index is 9.38. The van der Waals surface area contributed by atoms with Gasteiger partial charge in [0.05, 0.1) is 5.38 Å². The van der Waals surface area contributed by atoms with E-state index in [-0.39, 0.29) is 5.38 Å². The van der Waals surface area contributed by atoms with E-state index in [1.54, 1.807) is 0 Å². The quantitative estimate of drug-likeness (QED) is 0.417. The van der Waals surface area contributed by atoms with E-state index in [1.807, 2.05) is 6.92 Å². The lowest BCUT2D eigenvalue weighted by molar-refractivity contribution is 0.149. The molecule has 0 rings (SSSR count). The largest absolute Gasteiger partial charge is 0.338 e. The molecular formula is C8H17Cl2O2PS2. The van der Waals surface area contributed by atoms with E-state index in [9.17, 15) is 4.89 Å². The summed E-state index contributed by atoms with van der Waals surface area (Å²) >= 11 is 20.8. The van der Waals surface area contributed by atoms with Gasteiger partial charge in [-0.3, -0.25) is 4.52 Å². The fourth-order valence-electron chi connectivity index (χ4n) is 1.14. The third-order valence-corrected chi connectivity index (χ3v) is 4.46. The monoisotopic (exact) mass is 310 g/mol. The zero-order valence-corrected chi connectivity index (χ0v) is 12.9. The first kappa shape index (κ1) is 16.5. The van der Waals surface area contributed by atoms with Gasteiger partial charge in [-0.2, -0.15) is 0 Å². The second-order valence-electron chi connectivity index (χ2n) is 3.33. The van der Waals surface area contributed by atoms with Crippen molar-refractivity contribution in [2.24, 2.45) is 0 Å². The molecule has 0 aromatic carbocycles. The lowest BCUT2D eigenvalue weighted by Gasteiger charge is -2.32. The van der Waals surface area contributed by atoms with Crippen molar-refractivity contribution in [3.05, 3.63) is 0 Å². The summed E-state index contributed by atoms with van der Waals surface area (Å²) < 4.78 is 5.21. The van der Waals surface area contributed by atoms with Crippen LogP contribution in [0.2, 0.25) is 0 Å². The third kappa shape index (κ3) is 6.72. The van der Waals surface area contributed by atoms with Crippen LogP contribution in [-0.4, -0.2) is 15.3 Å². The summed E-state index contributed by atoms with van der Waals surface area (Å²) in [5, 5.41) is -1.48. The van der Waals surface area contributed by atoms with E-state index in [0.29, 0.717) is 6.42 Å². The van der Waals surface area contributed by atoms with Gasteiger partial charge in [-0.05, 0) is 24.6 Å². The molecule has 0 radical (unpaired) electrons. The minimum Gasteiger partial charge on any atom is -0.338 e. The molecule has 0 saturated carbocycles. The SMILES string of the molecule is CCCC[C@H](Cl)[C@@](Cl)(CC)OP(O)(=S)S. The van der Waals surface area contributed by atoms with E-state index in [1.165, 1.54) is 0 Å². The summed E-state index contributed by atoms with van der Waals surface area (Å²) in [5.41, 5.74) is -3.08. The lowest BCUT2D eigenvalue weighted by Crippen LogP contribution is -2.34. The van der Waals surface area contributed by atoms with Crippen LogP contribution < -0.4 is 0 Å². The number of halogens is 2. The Bertz CT molecular complexity index is 237. The molecule has 0 aliphatic heterocycles. The van der Waals surface area contributed by atoms with Crippen molar-refractivity contribution in [1.82, 2.24) is 0 Å². The second kappa shape index (κ2) is 7.05. The molecule has 2 nitrogen and oxygen atoms in total. The van der Waals surface area contributed by atoms with Crippen molar-refractivity contribution in [1.29, 1.82) is 0 Å². The Balaban J connectivity index is 4.47. The van der Waals surface area contributed by atoms with Crippen molar-refractivity contribution < 1.29 is 9.42 Å². The first-order chi connectivity index (χ1) is 6.75. The first-order valence-corrected chi connectivity index (χ1v) is 9.48. The molecule has 0 fully saturated rings. The van der Waals surface area contributed by atoms with Crippen LogP contribution in [0.4, 0.5) is 0 Å². The smallest absolute Gasteiger partial charge is 0.243 e. The van der Waals surface area contributed by atoms with Crippen LogP contribution in [0.15, 0.2) is 0 Å². The molecule has 0 amide bonds. The Morgan fingerprint density at radius 1 is 1.60 bits per heavy atom. The number of alkyl halides is 2. The summed E-state index contributed by atoms with van der Waals surface area (Å²) in [5.74, 6) is 0. The summed E-state index contributed by atoms with van der Waals surface area (Å²) in [6.07, 6.45) is 3.21. The molecule has 92 valence electrons. The predicted molar refractivity (Wildman–Crippen MR) is 74.6 cm³/mol. The van der Waals surface area contributed by atoms with Gasteiger partial charge < -0.3 is 4.89 Å². The van der Waals surface area contributed by atoms with Gasteiger partial charge in [-0.15, -0.1) is 11.6 Å². The zero-order valence-electron chi connectivity index (χ0n) is 8.82. The summed E-state index contributed by atoms with van der Waals surface area (Å²) in [6, 6.07) is 0. The normalized spacial score (nSPS) is 21.7. The van der Waals surface area contributed by atoms with E-state index < -0.39 is 10.8 Å². The molecule has 0 heterocycles. The average molecular weight is 311 g/mol. The molecule has 0 aliphatic rings. The highest BCUT2D eigenvalue weighted by atomic mass is 35.5. The molecule has 1 unspecified atom stereocenters. The average Bonchev–Trinajstić information content (AvgIpc) is 2.11. The van der Waals surface area contributed by atoms with Crippen molar-refractivity contribution in [3.8, 4) is 0 Å². The maximum Gasteiger partial charge on any atom is 0.243 e. The highest BCUT2D eigenvalue weighted by Gasteiger charge is 2.38. The number of unbranched alkanes of at least 4 members (excludes halogenated alkanes) is 1. The first-order valence-electron chi connectivity index (χ1n) is 4.84. The fraction of sp³-hybridized carbons (Fsp3) is 1.00. The zero-order chi connectivity index (χ0) is 12.1. The second-order valence-corrected chi connectivity index (χ2v) is 9.58. The Labute approximate surface area is 112 Å². The molecular weight excluding hydrogens is 294 g/mol. The van der Waals surface area contributed by atoms with Gasteiger partial charge in [-0.1, -0.05) is 50.5 Å².